The van der Waals surface area contributed by atoms with Crippen LogP contribution >= 0.6 is 0 Å². The number of carbonyl (C=O) groups is 1. The van der Waals surface area contributed by atoms with Crippen molar-refractivity contribution in [2.75, 3.05) is 18.4 Å². The van der Waals surface area contributed by atoms with Crippen LogP contribution in [0.15, 0.2) is 53.7 Å². The minimum absolute atomic E-state index is 0.1000. The van der Waals surface area contributed by atoms with E-state index >= 15 is 0 Å². The molecular formula is C21H25N3O3S. The number of anilines is 1. The lowest BCUT2D eigenvalue weighted by Gasteiger charge is -2.36. The fourth-order valence-electron chi connectivity index (χ4n) is 4.28. The zero-order valence-electron chi connectivity index (χ0n) is 16.0. The average molecular weight is 400 g/mol. The van der Waals surface area contributed by atoms with Crippen LogP contribution in [0.4, 0.5) is 10.5 Å². The number of amides is 2. The van der Waals surface area contributed by atoms with Crippen LogP contribution in [-0.4, -0.2) is 42.2 Å². The van der Waals surface area contributed by atoms with Gasteiger partial charge in [0.2, 0.25) is 0 Å². The summed E-state index contributed by atoms with van der Waals surface area (Å²) in [5, 5.41) is 2.87. The third-order valence-electron chi connectivity index (χ3n) is 6.04. The summed E-state index contributed by atoms with van der Waals surface area (Å²) < 4.78 is 26.0. The van der Waals surface area contributed by atoms with Gasteiger partial charge in [0, 0.05) is 31.2 Å². The Bertz CT molecular complexity index is 963. The van der Waals surface area contributed by atoms with E-state index in [1.807, 2.05) is 19.1 Å². The lowest BCUT2D eigenvalue weighted by atomic mass is 9.91. The molecule has 2 aliphatic rings. The third kappa shape index (κ3) is 3.39. The number of likely N-dealkylation sites (tertiary alicyclic amines) is 1. The lowest BCUT2D eigenvalue weighted by Crippen LogP contribution is -2.45. The Hall–Kier alpha value is -2.41. The third-order valence-corrected chi connectivity index (χ3v) is 8.72. The van der Waals surface area contributed by atoms with Gasteiger partial charge in [0.25, 0.3) is 0 Å². The zero-order chi connectivity index (χ0) is 19.8. The molecule has 1 aromatic heterocycles. The van der Waals surface area contributed by atoms with Gasteiger partial charge in [0.15, 0.2) is 9.84 Å². The number of hydrogen-bond donors (Lipinski definition) is 1. The predicted molar refractivity (Wildman–Crippen MR) is 108 cm³/mol. The first-order chi connectivity index (χ1) is 13.4. The van der Waals surface area contributed by atoms with E-state index in [-0.39, 0.29) is 11.9 Å². The normalized spacial score (nSPS) is 19.2. The van der Waals surface area contributed by atoms with Crippen LogP contribution in [0.3, 0.4) is 0 Å². The smallest absolute Gasteiger partial charge is 0.321 e. The molecule has 1 aromatic carbocycles. The van der Waals surface area contributed by atoms with Gasteiger partial charge < -0.3 is 10.2 Å². The molecule has 2 amide bonds. The van der Waals surface area contributed by atoms with Gasteiger partial charge in [-0.2, -0.15) is 0 Å². The summed E-state index contributed by atoms with van der Waals surface area (Å²) in [5.41, 5.74) is 1.67. The molecule has 28 heavy (non-hydrogen) atoms. The maximum Gasteiger partial charge on any atom is 0.321 e. The van der Waals surface area contributed by atoms with Gasteiger partial charge in [0.1, 0.15) is 0 Å². The highest BCUT2D eigenvalue weighted by Gasteiger charge is 2.59. The minimum Gasteiger partial charge on any atom is -0.325 e. The van der Waals surface area contributed by atoms with Crippen molar-refractivity contribution >= 4 is 21.6 Å². The molecule has 2 heterocycles. The molecule has 148 valence electrons. The molecular weight excluding hydrogens is 374 g/mol. The summed E-state index contributed by atoms with van der Waals surface area (Å²) in [6.07, 6.45) is 6.14. The number of aryl methyl sites for hydroxylation is 1. The molecule has 1 aliphatic carbocycles. The molecule has 6 nitrogen and oxygen atoms in total. The topological polar surface area (TPSA) is 79.4 Å². The minimum atomic E-state index is -3.36. The average Bonchev–Trinajstić information content (AvgIpc) is 3.51. The van der Waals surface area contributed by atoms with Gasteiger partial charge in [-0.3, -0.25) is 4.98 Å². The molecule has 4 rings (SSSR count). The lowest BCUT2D eigenvalue weighted by molar-refractivity contribution is 0.179. The number of piperidine rings is 1. The van der Waals surface area contributed by atoms with Crippen LogP contribution in [0, 0.1) is 12.8 Å². The van der Waals surface area contributed by atoms with Crippen molar-refractivity contribution in [3.8, 4) is 0 Å². The largest absolute Gasteiger partial charge is 0.325 e. The maximum absolute atomic E-state index is 13.3. The van der Waals surface area contributed by atoms with Gasteiger partial charge in [-0.15, -0.1) is 0 Å². The zero-order valence-corrected chi connectivity index (χ0v) is 16.8. The van der Waals surface area contributed by atoms with Crippen molar-refractivity contribution in [1.29, 1.82) is 0 Å². The molecule has 0 bridgehead atoms. The van der Waals surface area contributed by atoms with E-state index < -0.39 is 14.6 Å². The number of rotatable bonds is 4. The Kier molecular flexibility index (Phi) is 4.87. The standard InChI is InChI=1S/C21H25N3O3S/c1-16-3-2-4-19(15-16)28(26,27)21(9-10-21)17-7-13-24(14-8-17)20(25)23-18-5-11-22-12-6-18/h2-6,11-12,15,17H,7-10,13-14H2,1H3,(H,22,23,25). The number of urea groups is 1. The van der Waals surface area contributed by atoms with Crippen molar-refractivity contribution in [3.63, 3.8) is 0 Å². The summed E-state index contributed by atoms with van der Waals surface area (Å²) in [5.74, 6) is 0.1000. The summed E-state index contributed by atoms with van der Waals surface area (Å²) in [6, 6.07) is 10.6. The van der Waals surface area contributed by atoms with E-state index in [9.17, 15) is 13.2 Å². The summed E-state index contributed by atoms with van der Waals surface area (Å²) in [4.78, 5) is 18.6. The summed E-state index contributed by atoms with van der Waals surface area (Å²) in [6.45, 7) is 3.07. The molecule has 0 radical (unpaired) electrons. The fourth-order valence-corrected chi connectivity index (χ4v) is 6.67. The van der Waals surface area contributed by atoms with Gasteiger partial charge in [0.05, 0.1) is 9.64 Å². The maximum atomic E-state index is 13.3. The van der Waals surface area contributed by atoms with E-state index in [2.05, 4.69) is 10.3 Å². The van der Waals surface area contributed by atoms with Crippen LogP contribution in [0.1, 0.15) is 31.2 Å². The Balaban J connectivity index is 1.43. The first-order valence-corrected chi connectivity index (χ1v) is 11.2. The monoisotopic (exact) mass is 399 g/mol. The molecule has 1 N–H and O–H groups in total. The van der Waals surface area contributed by atoms with Crippen LogP contribution in [0.25, 0.3) is 0 Å². The second-order valence-electron chi connectivity index (χ2n) is 7.81. The van der Waals surface area contributed by atoms with Gasteiger partial charge in [-0.25, -0.2) is 13.2 Å². The van der Waals surface area contributed by atoms with Gasteiger partial charge in [-0.1, -0.05) is 12.1 Å². The fraction of sp³-hybridized carbons (Fsp3) is 0.429. The number of hydrogen-bond acceptors (Lipinski definition) is 4. The van der Waals surface area contributed by atoms with Crippen LogP contribution in [0.2, 0.25) is 0 Å². The van der Waals surface area contributed by atoms with E-state index in [1.165, 1.54) is 0 Å². The molecule has 7 heteroatoms. The van der Waals surface area contributed by atoms with Crippen LogP contribution in [-0.2, 0) is 9.84 Å². The van der Waals surface area contributed by atoms with E-state index in [4.69, 9.17) is 0 Å². The highest BCUT2D eigenvalue weighted by molar-refractivity contribution is 7.93. The number of nitrogens with zero attached hydrogens (tertiary/aromatic N) is 2. The highest BCUT2D eigenvalue weighted by atomic mass is 32.2. The van der Waals surface area contributed by atoms with Crippen molar-refractivity contribution in [2.24, 2.45) is 5.92 Å². The Labute approximate surface area is 165 Å². The van der Waals surface area contributed by atoms with Crippen molar-refractivity contribution in [1.82, 2.24) is 9.88 Å². The van der Waals surface area contributed by atoms with Crippen molar-refractivity contribution < 1.29 is 13.2 Å². The molecule has 2 fully saturated rings. The van der Waals surface area contributed by atoms with E-state index in [1.54, 1.807) is 41.6 Å². The Morgan fingerprint density at radius 1 is 1.14 bits per heavy atom. The number of benzene rings is 1. The Morgan fingerprint density at radius 2 is 1.82 bits per heavy atom. The SMILES string of the molecule is Cc1cccc(S(=O)(=O)C2(C3CCN(C(=O)Nc4ccncc4)CC3)CC2)c1. The number of sulfone groups is 1. The number of carbonyl (C=O) groups excluding carboxylic acids is 1. The molecule has 0 unspecified atom stereocenters. The van der Waals surface area contributed by atoms with Crippen molar-refractivity contribution in [2.45, 2.75) is 42.2 Å². The van der Waals surface area contributed by atoms with Gasteiger partial charge >= 0.3 is 6.03 Å². The number of nitrogens with one attached hydrogen (secondary N) is 1. The molecule has 1 saturated heterocycles. The van der Waals surface area contributed by atoms with E-state index in [0.29, 0.717) is 23.7 Å². The van der Waals surface area contributed by atoms with Crippen LogP contribution in [0.5, 0.6) is 0 Å². The first kappa shape index (κ1) is 18.9. The van der Waals surface area contributed by atoms with Gasteiger partial charge in [-0.05, 0) is 68.4 Å². The number of aromatic nitrogens is 1. The number of pyridine rings is 1. The molecule has 1 aliphatic heterocycles. The summed E-state index contributed by atoms with van der Waals surface area (Å²) >= 11 is 0. The summed E-state index contributed by atoms with van der Waals surface area (Å²) in [7, 11) is -3.36. The molecule has 2 aromatic rings. The highest BCUT2D eigenvalue weighted by Crippen LogP contribution is 2.55. The van der Waals surface area contributed by atoms with Crippen LogP contribution < -0.4 is 5.32 Å². The quantitative estimate of drug-likeness (QED) is 0.851. The molecule has 0 atom stereocenters. The second kappa shape index (κ2) is 7.20. The first-order valence-electron chi connectivity index (χ1n) is 9.70. The second-order valence-corrected chi connectivity index (χ2v) is 10.1. The van der Waals surface area contributed by atoms with Crippen molar-refractivity contribution in [3.05, 3.63) is 54.4 Å². The van der Waals surface area contributed by atoms with E-state index in [0.717, 1.165) is 31.2 Å². The molecule has 0 spiro atoms. The molecule has 1 saturated carbocycles. The Morgan fingerprint density at radius 3 is 2.43 bits per heavy atom. The predicted octanol–water partition coefficient (Wildman–Crippen LogP) is 3.64.